The number of carbonyl (C=O) groups excluding carboxylic acids is 2. The Balaban J connectivity index is 1.81. The number of esters is 1. The van der Waals surface area contributed by atoms with Crippen LogP contribution in [0.1, 0.15) is 58.3 Å². The van der Waals surface area contributed by atoms with Crippen molar-refractivity contribution >= 4 is 34.3 Å². The van der Waals surface area contributed by atoms with Crippen LogP contribution in [-0.2, 0) is 14.4 Å². The SMILES string of the molecule is CC(=O)Oc1ccc(NC(=O)CCCCCCCCC(=O)O)c2ccccc12. The van der Waals surface area contributed by atoms with Gasteiger partial charge in [0.05, 0.1) is 0 Å². The van der Waals surface area contributed by atoms with Crippen molar-refractivity contribution in [2.24, 2.45) is 0 Å². The molecule has 0 unspecified atom stereocenters. The molecule has 0 spiro atoms. The molecule has 0 bridgehead atoms. The number of carboxylic acid groups (broad SMARTS) is 1. The molecule has 0 heterocycles. The fourth-order valence-corrected chi connectivity index (χ4v) is 3.11. The normalized spacial score (nSPS) is 10.6. The van der Waals surface area contributed by atoms with E-state index in [0.717, 1.165) is 42.9 Å². The zero-order valence-electron chi connectivity index (χ0n) is 16.2. The van der Waals surface area contributed by atoms with Gasteiger partial charge in [0.25, 0.3) is 0 Å². The summed E-state index contributed by atoms with van der Waals surface area (Å²) in [6.07, 6.45) is 6.05. The van der Waals surface area contributed by atoms with Gasteiger partial charge in [0.2, 0.25) is 5.91 Å². The number of hydrogen-bond acceptors (Lipinski definition) is 4. The van der Waals surface area contributed by atoms with Crippen LogP contribution >= 0.6 is 0 Å². The maximum Gasteiger partial charge on any atom is 0.308 e. The first-order valence-corrected chi connectivity index (χ1v) is 9.69. The maximum atomic E-state index is 12.3. The van der Waals surface area contributed by atoms with E-state index < -0.39 is 5.97 Å². The Hall–Kier alpha value is -2.89. The number of benzene rings is 2. The van der Waals surface area contributed by atoms with E-state index in [1.54, 1.807) is 12.1 Å². The molecule has 2 aromatic rings. The van der Waals surface area contributed by atoms with E-state index in [4.69, 9.17) is 9.84 Å². The summed E-state index contributed by atoms with van der Waals surface area (Å²) >= 11 is 0. The van der Waals surface area contributed by atoms with Crippen LogP contribution in [0.15, 0.2) is 36.4 Å². The molecular formula is C22H27NO5. The lowest BCUT2D eigenvalue weighted by Gasteiger charge is -2.12. The molecule has 0 aromatic heterocycles. The van der Waals surface area contributed by atoms with E-state index in [2.05, 4.69) is 5.32 Å². The van der Waals surface area contributed by atoms with E-state index >= 15 is 0 Å². The molecule has 0 atom stereocenters. The molecule has 6 nitrogen and oxygen atoms in total. The molecule has 2 aromatic carbocycles. The standard InChI is InChI=1S/C22H27NO5/c1-16(24)28-20-15-14-19(17-10-8-9-11-18(17)20)23-21(25)12-6-4-2-3-5-7-13-22(26)27/h8-11,14-15H,2-7,12-13H2,1H3,(H,23,25)(H,26,27). The Bertz CT molecular complexity index is 831. The largest absolute Gasteiger partial charge is 0.481 e. The molecule has 2 N–H and O–H groups in total. The van der Waals surface area contributed by atoms with Crippen LogP contribution in [0.4, 0.5) is 5.69 Å². The van der Waals surface area contributed by atoms with Gasteiger partial charge in [0, 0.05) is 36.2 Å². The van der Waals surface area contributed by atoms with Crippen molar-refractivity contribution in [2.45, 2.75) is 58.3 Å². The topological polar surface area (TPSA) is 92.7 Å². The van der Waals surface area contributed by atoms with Crippen LogP contribution in [-0.4, -0.2) is 23.0 Å². The molecule has 150 valence electrons. The fourth-order valence-electron chi connectivity index (χ4n) is 3.11. The minimum Gasteiger partial charge on any atom is -0.481 e. The van der Waals surface area contributed by atoms with Gasteiger partial charge in [0.15, 0.2) is 0 Å². The predicted octanol–water partition coefficient (Wildman–Crippen LogP) is 4.91. The monoisotopic (exact) mass is 385 g/mol. The van der Waals surface area contributed by atoms with Crippen LogP contribution in [0.25, 0.3) is 10.8 Å². The molecule has 0 aliphatic carbocycles. The number of ether oxygens (including phenoxy) is 1. The first-order valence-electron chi connectivity index (χ1n) is 9.69. The molecule has 0 radical (unpaired) electrons. The molecule has 1 amide bonds. The highest BCUT2D eigenvalue weighted by Gasteiger charge is 2.10. The number of rotatable bonds is 11. The summed E-state index contributed by atoms with van der Waals surface area (Å²) < 4.78 is 5.24. The van der Waals surface area contributed by atoms with E-state index in [0.29, 0.717) is 24.3 Å². The maximum absolute atomic E-state index is 12.3. The second-order valence-electron chi connectivity index (χ2n) is 6.81. The number of unbranched alkanes of at least 4 members (excludes halogenated alkanes) is 5. The van der Waals surface area contributed by atoms with Gasteiger partial charge < -0.3 is 15.2 Å². The van der Waals surface area contributed by atoms with Crippen molar-refractivity contribution in [3.63, 3.8) is 0 Å². The predicted molar refractivity (Wildman–Crippen MR) is 108 cm³/mol. The highest BCUT2D eigenvalue weighted by molar-refractivity contribution is 6.04. The Labute approximate surface area is 164 Å². The molecule has 0 aliphatic rings. The summed E-state index contributed by atoms with van der Waals surface area (Å²) in [5.41, 5.74) is 0.699. The summed E-state index contributed by atoms with van der Waals surface area (Å²) in [7, 11) is 0. The zero-order chi connectivity index (χ0) is 20.4. The van der Waals surface area contributed by atoms with E-state index in [1.165, 1.54) is 6.92 Å². The van der Waals surface area contributed by atoms with Gasteiger partial charge in [-0.3, -0.25) is 14.4 Å². The Kier molecular flexibility index (Phi) is 8.46. The number of aliphatic carboxylic acids is 1. The molecule has 2 rings (SSSR count). The third-order valence-corrected chi connectivity index (χ3v) is 4.46. The molecule has 0 saturated heterocycles. The average molecular weight is 385 g/mol. The van der Waals surface area contributed by atoms with E-state index in [9.17, 15) is 14.4 Å². The second-order valence-corrected chi connectivity index (χ2v) is 6.81. The van der Waals surface area contributed by atoms with Crippen molar-refractivity contribution < 1.29 is 24.2 Å². The number of nitrogens with one attached hydrogen (secondary N) is 1. The first kappa shape index (κ1) is 21.4. The third kappa shape index (κ3) is 7.02. The number of carbonyl (C=O) groups is 3. The van der Waals surface area contributed by atoms with Crippen LogP contribution in [0.2, 0.25) is 0 Å². The minimum atomic E-state index is -0.745. The first-order chi connectivity index (χ1) is 13.5. The summed E-state index contributed by atoms with van der Waals surface area (Å²) in [4.78, 5) is 34.0. The summed E-state index contributed by atoms with van der Waals surface area (Å²) in [6, 6.07) is 10.9. The van der Waals surface area contributed by atoms with Gasteiger partial charge in [-0.25, -0.2) is 0 Å². The molecular weight excluding hydrogens is 358 g/mol. The highest BCUT2D eigenvalue weighted by Crippen LogP contribution is 2.31. The highest BCUT2D eigenvalue weighted by atomic mass is 16.5. The Morgan fingerprint density at radius 1 is 0.857 bits per heavy atom. The van der Waals surface area contributed by atoms with E-state index in [1.807, 2.05) is 24.3 Å². The Morgan fingerprint density at radius 2 is 1.46 bits per heavy atom. The van der Waals surface area contributed by atoms with Gasteiger partial charge in [0.1, 0.15) is 5.75 Å². The van der Waals surface area contributed by atoms with Crippen molar-refractivity contribution in [1.82, 2.24) is 0 Å². The molecule has 0 saturated carbocycles. The summed E-state index contributed by atoms with van der Waals surface area (Å²) in [5, 5.41) is 13.1. The average Bonchev–Trinajstić information content (AvgIpc) is 2.65. The van der Waals surface area contributed by atoms with Crippen molar-refractivity contribution in [1.29, 1.82) is 0 Å². The van der Waals surface area contributed by atoms with Crippen LogP contribution in [0, 0.1) is 0 Å². The lowest BCUT2D eigenvalue weighted by atomic mass is 10.1. The second kappa shape index (κ2) is 11.1. The van der Waals surface area contributed by atoms with Crippen molar-refractivity contribution in [3.05, 3.63) is 36.4 Å². The van der Waals surface area contributed by atoms with Crippen molar-refractivity contribution in [3.8, 4) is 5.75 Å². The van der Waals surface area contributed by atoms with Crippen LogP contribution in [0.3, 0.4) is 0 Å². The number of fused-ring (bicyclic) bond motifs is 1. The van der Waals surface area contributed by atoms with Gasteiger partial charge in [-0.15, -0.1) is 0 Å². The lowest BCUT2D eigenvalue weighted by molar-refractivity contribution is -0.137. The number of carboxylic acids is 1. The van der Waals surface area contributed by atoms with Crippen molar-refractivity contribution in [2.75, 3.05) is 5.32 Å². The van der Waals surface area contributed by atoms with Crippen LogP contribution in [0.5, 0.6) is 5.75 Å². The number of amides is 1. The number of anilines is 1. The summed E-state index contributed by atoms with van der Waals surface area (Å²) in [6.45, 7) is 1.36. The summed E-state index contributed by atoms with van der Waals surface area (Å²) in [5.74, 6) is -0.699. The van der Waals surface area contributed by atoms with Gasteiger partial charge in [-0.2, -0.15) is 0 Å². The zero-order valence-corrected chi connectivity index (χ0v) is 16.2. The molecule has 0 fully saturated rings. The third-order valence-electron chi connectivity index (χ3n) is 4.46. The minimum absolute atomic E-state index is 0.0451. The molecule has 6 heteroatoms. The quantitative estimate of drug-likeness (QED) is 0.326. The van der Waals surface area contributed by atoms with Gasteiger partial charge in [-0.1, -0.05) is 49.9 Å². The number of hydrogen-bond donors (Lipinski definition) is 2. The van der Waals surface area contributed by atoms with E-state index in [-0.39, 0.29) is 18.3 Å². The lowest BCUT2D eigenvalue weighted by Crippen LogP contribution is -2.11. The van der Waals surface area contributed by atoms with Gasteiger partial charge in [-0.05, 0) is 25.0 Å². The van der Waals surface area contributed by atoms with Gasteiger partial charge >= 0.3 is 11.9 Å². The Morgan fingerprint density at radius 3 is 2.11 bits per heavy atom. The smallest absolute Gasteiger partial charge is 0.308 e. The molecule has 28 heavy (non-hydrogen) atoms. The molecule has 0 aliphatic heterocycles. The van der Waals surface area contributed by atoms with Crippen LogP contribution < -0.4 is 10.1 Å². The fraction of sp³-hybridized carbons (Fsp3) is 0.409.